The molecule has 2 aromatic rings. The molecular formula is C31H44N6O5. The number of rotatable bonds is 13. The number of aromatic hydroxyl groups is 1. The fraction of sp³-hybridized carbons (Fsp3) is 0.484. The van der Waals surface area contributed by atoms with Crippen LogP contribution >= 0.6 is 0 Å². The number of nitrogens with one attached hydrogen (secondary N) is 4. The number of carbonyl (C=O) groups is 4. The van der Waals surface area contributed by atoms with Crippen molar-refractivity contribution < 1.29 is 24.3 Å². The number of hydrogen-bond acceptors (Lipinski definition) is 7. The Morgan fingerprint density at radius 2 is 1.62 bits per heavy atom. The zero-order chi connectivity index (χ0) is 30.6. The highest BCUT2D eigenvalue weighted by Crippen LogP contribution is 2.16. The van der Waals surface area contributed by atoms with Gasteiger partial charge in [0.05, 0.1) is 12.6 Å². The smallest absolute Gasteiger partial charge is 0.245 e. The van der Waals surface area contributed by atoms with Crippen molar-refractivity contribution in [2.45, 2.75) is 64.2 Å². The van der Waals surface area contributed by atoms with Gasteiger partial charge in [-0.1, -0.05) is 56.3 Å². The Morgan fingerprint density at radius 1 is 0.952 bits per heavy atom. The topological polar surface area (TPSA) is 166 Å². The summed E-state index contributed by atoms with van der Waals surface area (Å²) in [5, 5.41) is 20.7. The number of phenols is 1. The fourth-order valence-electron chi connectivity index (χ4n) is 4.99. The molecule has 0 spiro atoms. The van der Waals surface area contributed by atoms with Crippen LogP contribution in [0.1, 0.15) is 38.3 Å². The van der Waals surface area contributed by atoms with E-state index >= 15 is 0 Å². The highest BCUT2D eigenvalue weighted by Gasteiger charge is 2.33. The Bertz CT molecular complexity index is 1190. The van der Waals surface area contributed by atoms with E-state index in [0.717, 1.165) is 17.5 Å². The number of piperazine rings is 1. The molecule has 0 aliphatic carbocycles. The van der Waals surface area contributed by atoms with Crippen LogP contribution in [0.3, 0.4) is 0 Å². The van der Waals surface area contributed by atoms with Gasteiger partial charge in [-0.05, 0) is 48.9 Å². The summed E-state index contributed by atoms with van der Waals surface area (Å²) in [5.41, 5.74) is 7.67. The lowest BCUT2D eigenvalue weighted by atomic mass is 9.98. The van der Waals surface area contributed by atoms with Crippen molar-refractivity contribution in [3.8, 4) is 5.75 Å². The fourth-order valence-corrected chi connectivity index (χ4v) is 4.99. The van der Waals surface area contributed by atoms with Crippen LogP contribution in [0.15, 0.2) is 54.6 Å². The van der Waals surface area contributed by atoms with E-state index in [4.69, 9.17) is 5.73 Å². The Kier molecular flexibility index (Phi) is 12.3. The number of nitrogens with two attached hydrogens (primary N) is 1. The van der Waals surface area contributed by atoms with Crippen LogP contribution in [-0.4, -0.2) is 84.0 Å². The number of nitrogens with zero attached hydrogens (tertiary/aromatic N) is 1. The van der Waals surface area contributed by atoms with Gasteiger partial charge in [-0.3, -0.25) is 19.2 Å². The second-order valence-electron chi connectivity index (χ2n) is 11.3. The third kappa shape index (κ3) is 10.1. The van der Waals surface area contributed by atoms with Crippen LogP contribution in [-0.2, 0) is 32.0 Å². The van der Waals surface area contributed by atoms with Crippen molar-refractivity contribution in [1.82, 2.24) is 26.2 Å². The molecule has 0 saturated carbocycles. The molecule has 1 fully saturated rings. The van der Waals surface area contributed by atoms with Crippen LogP contribution in [0.25, 0.3) is 0 Å². The first kappa shape index (κ1) is 32.6. The van der Waals surface area contributed by atoms with E-state index in [0.29, 0.717) is 32.0 Å². The summed E-state index contributed by atoms with van der Waals surface area (Å²) < 4.78 is 0. The molecule has 228 valence electrons. The van der Waals surface area contributed by atoms with Gasteiger partial charge >= 0.3 is 0 Å². The maximum atomic E-state index is 13.7. The SMILES string of the molecule is CC(C)C[C@@H]1CNCCN1C(=O)[C@H](Cc1ccccc1)NC(=O)CNC(=O)[C@@H](C)NC(=O)[C@@H](N)Cc1ccc(O)cc1. The van der Waals surface area contributed by atoms with Gasteiger partial charge in [0.1, 0.15) is 17.8 Å². The van der Waals surface area contributed by atoms with Gasteiger partial charge < -0.3 is 37.0 Å². The molecule has 2 aromatic carbocycles. The largest absolute Gasteiger partial charge is 0.508 e. The predicted molar refractivity (Wildman–Crippen MR) is 160 cm³/mol. The van der Waals surface area contributed by atoms with Gasteiger partial charge in [0, 0.05) is 32.1 Å². The molecule has 3 rings (SSSR count). The first-order valence-electron chi connectivity index (χ1n) is 14.5. The van der Waals surface area contributed by atoms with Crippen LogP contribution in [0.5, 0.6) is 5.75 Å². The predicted octanol–water partition coefficient (Wildman–Crippen LogP) is 0.457. The average molecular weight is 581 g/mol. The lowest BCUT2D eigenvalue weighted by molar-refractivity contribution is -0.139. The molecule has 11 nitrogen and oxygen atoms in total. The Labute approximate surface area is 247 Å². The Morgan fingerprint density at radius 3 is 2.29 bits per heavy atom. The van der Waals surface area contributed by atoms with E-state index in [1.807, 2.05) is 35.2 Å². The minimum atomic E-state index is -0.935. The van der Waals surface area contributed by atoms with Crippen LogP contribution in [0.2, 0.25) is 0 Å². The van der Waals surface area contributed by atoms with Gasteiger partial charge in [0.15, 0.2) is 0 Å². The van der Waals surface area contributed by atoms with Gasteiger partial charge in [0.2, 0.25) is 23.6 Å². The summed E-state index contributed by atoms with van der Waals surface area (Å²) in [4.78, 5) is 53.7. The second-order valence-corrected chi connectivity index (χ2v) is 11.3. The molecule has 1 saturated heterocycles. The van der Waals surface area contributed by atoms with Gasteiger partial charge in [0.25, 0.3) is 0 Å². The maximum Gasteiger partial charge on any atom is 0.245 e. The van der Waals surface area contributed by atoms with Crippen molar-refractivity contribution in [1.29, 1.82) is 0 Å². The van der Waals surface area contributed by atoms with E-state index < -0.39 is 35.8 Å². The van der Waals surface area contributed by atoms with Crippen LogP contribution < -0.4 is 27.0 Å². The number of hydrogen-bond donors (Lipinski definition) is 6. The van der Waals surface area contributed by atoms with E-state index in [2.05, 4.69) is 35.1 Å². The zero-order valence-corrected chi connectivity index (χ0v) is 24.6. The quantitative estimate of drug-likeness (QED) is 0.200. The van der Waals surface area contributed by atoms with E-state index in [1.54, 1.807) is 12.1 Å². The summed E-state index contributed by atoms with van der Waals surface area (Å²) in [6, 6.07) is 13.2. The summed E-state index contributed by atoms with van der Waals surface area (Å²) in [5.74, 6) is -1.20. The molecule has 0 radical (unpaired) electrons. The van der Waals surface area contributed by atoms with Gasteiger partial charge in [-0.25, -0.2) is 0 Å². The molecule has 1 aliphatic heterocycles. The minimum Gasteiger partial charge on any atom is -0.508 e. The molecule has 1 heterocycles. The van der Waals surface area contributed by atoms with Crippen LogP contribution in [0, 0.1) is 5.92 Å². The summed E-state index contributed by atoms with van der Waals surface area (Å²) in [6.45, 7) is 7.33. The number of phenolic OH excluding ortho intramolecular Hbond substituents is 1. The summed E-state index contributed by atoms with van der Waals surface area (Å²) >= 11 is 0. The monoisotopic (exact) mass is 580 g/mol. The third-order valence-corrected chi connectivity index (χ3v) is 7.20. The lowest BCUT2D eigenvalue weighted by Crippen LogP contribution is -2.60. The highest BCUT2D eigenvalue weighted by atomic mass is 16.3. The molecule has 42 heavy (non-hydrogen) atoms. The molecule has 0 unspecified atom stereocenters. The molecule has 11 heteroatoms. The first-order valence-corrected chi connectivity index (χ1v) is 14.5. The Hall–Kier alpha value is -3.96. The van der Waals surface area contributed by atoms with E-state index in [1.165, 1.54) is 19.1 Å². The summed E-state index contributed by atoms with van der Waals surface area (Å²) in [6.07, 6.45) is 1.40. The zero-order valence-electron chi connectivity index (χ0n) is 24.6. The van der Waals surface area contributed by atoms with Crippen molar-refractivity contribution in [3.63, 3.8) is 0 Å². The summed E-state index contributed by atoms with van der Waals surface area (Å²) in [7, 11) is 0. The van der Waals surface area contributed by atoms with Crippen molar-refractivity contribution in [3.05, 3.63) is 65.7 Å². The number of benzene rings is 2. The van der Waals surface area contributed by atoms with Crippen LogP contribution in [0.4, 0.5) is 0 Å². The van der Waals surface area contributed by atoms with Gasteiger partial charge in [-0.15, -0.1) is 0 Å². The molecule has 0 bridgehead atoms. The molecule has 1 aliphatic rings. The van der Waals surface area contributed by atoms with E-state index in [-0.39, 0.29) is 30.7 Å². The Balaban J connectivity index is 1.56. The minimum absolute atomic E-state index is 0.0333. The molecule has 7 N–H and O–H groups in total. The lowest BCUT2D eigenvalue weighted by Gasteiger charge is -2.39. The molecule has 4 atom stereocenters. The van der Waals surface area contributed by atoms with Crippen molar-refractivity contribution in [2.24, 2.45) is 11.7 Å². The maximum absolute atomic E-state index is 13.7. The van der Waals surface area contributed by atoms with Crippen molar-refractivity contribution >= 4 is 23.6 Å². The standard InChI is InChI=1S/C31H44N6O5/c1-20(2)15-24-18-33-13-14-37(24)31(42)27(17-22-7-5-4-6-8-22)36-28(39)19-34-29(40)21(3)35-30(41)26(32)16-23-9-11-25(38)12-10-23/h4-12,20-21,24,26-27,33,38H,13-19,32H2,1-3H3,(H,34,40)(H,35,41)(H,36,39)/t21-,24-,26+,27+/m1/s1. The molecular weight excluding hydrogens is 536 g/mol. The van der Waals surface area contributed by atoms with Gasteiger partial charge in [-0.2, -0.15) is 0 Å². The van der Waals surface area contributed by atoms with Crippen molar-refractivity contribution in [2.75, 3.05) is 26.2 Å². The third-order valence-electron chi connectivity index (χ3n) is 7.20. The average Bonchev–Trinajstić information content (AvgIpc) is 2.96. The number of carbonyl (C=O) groups excluding carboxylic acids is 4. The molecule has 0 aromatic heterocycles. The highest BCUT2D eigenvalue weighted by molar-refractivity contribution is 5.93. The molecule has 4 amide bonds. The first-order chi connectivity index (χ1) is 20.0. The normalized spacial score (nSPS) is 17.2. The number of amides is 4. The van der Waals surface area contributed by atoms with E-state index in [9.17, 15) is 24.3 Å². The second kappa shape index (κ2) is 15.9.